The van der Waals surface area contributed by atoms with Crippen LogP contribution in [0, 0.1) is 0 Å². The van der Waals surface area contributed by atoms with E-state index in [9.17, 15) is 13.2 Å². The summed E-state index contributed by atoms with van der Waals surface area (Å²) in [7, 11) is -4.00. The molecule has 0 aliphatic heterocycles. The van der Waals surface area contributed by atoms with Crippen molar-refractivity contribution in [3.63, 3.8) is 0 Å². The molecule has 0 saturated heterocycles. The van der Waals surface area contributed by atoms with E-state index in [1.54, 1.807) is 34.5 Å². The molecule has 0 N–H and O–H groups in total. The summed E-state index contributed by atoms with van der Waals surface area (Å²) in [5, 5.41) is 5.86. The van der Waals surface area contributed by atoms with Gasteiger partial charge in [-0.3, -0.25) is 4.79 Å². The normalized spacial score (nSPS) is 11.3. The molecule has 2 heterocycles. The van der Waals surface area contributed by atoms with Gasteiger partial charge < -0.3 is 4.18 Å². The number of carbonyl (C=O) groups excluding carboxylic acids is 1. The fourth-order valence-corrected chi connectivity index (χ4v) is 4.51. The molecule has 0 radical (unpaired) electrons. The minimum atomic E-state index is -4.00. The lowest BCUT2D eigenvalue weighted by atomic mass is 10.1. The average molecular weight is 410 g/mol. The summed E-state index contributed by atoms with van der Waals surface area (Å²) < 4.78 is 31.8. The van der Waals surface area contributed by atoms with Crippen LogP contribution in [-0.2, 0) is 10.1 Å². The average Bonchev–Trinajstić information content (AvgIpc) is 3.41. The van der Waals surface area contributed by atoms with Gasteiger partial charge in [0.25, 0.3) is 0 Å². The highest BCUT2D eigenvalue weighted by Crippen LogP contribution is 2.27. The Morgan fingerprint density at radius 3 is 2.46 bits per heavy atom. The summed E-state index contributed by atoms with van der Waals surface area (Å²) in [6.45, 7) is 0. The van der Waals surface area contributed by atoms with Gasteiger partial charge in [-0.1, -0.05) is 36.4 Å². The zero-order valence-electron chi connectivity index (χ0n) is 14.4. The molecule has 0 atom stereocenters. The van der Waals surface area contributed by atoms with E-state index in [1.807, 2.05) is 30.3 Å². The maximum Gasteiger partial charge on any atom is 0.348 e. The van der Waals surface area contributed by atoms with Crippen LogP contribution in [0.4, 0.5) is 0 Å². The molecule has 0 saturated carbocycles. The summed E-state index contributed by atoms with van der Waals surface area (Å²) in [4.78, 5) is 13.0. The van der Waals surface area contributed by atoms with Gasteiger partial charge in [-0.25, -0.2) is 4.68 Å². The Bertz CT molecular complexity index is 1210. The van der Waals surface area contributed by atoms with Gasteiger partial charge in [0, 0.05) is 6.20 Å². The number of hydrogen-bond donors (Lipinski definition) is 0. The van der Waals surface area contributed by atoms with Crippen LogP contribution in [0.25, 0.3) is 5.69 Å². The Morgan fingerprint density at radius 1 is 0.964 bits per heavy atom. The molecule has 4 aromatic rings. The Hall–Kier alpha value is -3.23. The standard InChI is InChI=1S/C20H14N2O4S2/c23-20(15-13-21-22(14-15)16-7-2-1-3-8-16)17-9-4-5-10-18(17)26-28(24,25)19-11-6-12-27-19/h1-14H. The second-order valence-corrected chi connectivity index (χ2v) is 8.52. The van der Waals surface area contributed by atoms with E-state index in [2.05, 4.69) is 5.10 Å². The molecule has 0 aliphatic carbocycles. The quantitative estimate of drug-likeness (QED) is 0.355. The molecular formula is C20H14N2O4S2. The number of ketones is 1. The maximum absolute atomic E-state index is 13.0. The smallest absolute Gasteiger partial charge is 0.348 e. The Kier molecular flexibility index (Phi) is 4.81. The van der Waals surface area contributed by atoms with Crippen LogP contribution in [0.1, 0.15) is 15.9 Å². The van der Waals surface area contributed by atoms with E-state index in [1.165, 1.54) is 24.4 Å². The SMILES string of the molecule is O=C(c1cnn(-c2ccccc2)c1)c1ccccc1OS(=O)(=O)c1cccs1. The largest absolute Gasteiger partial charge is 0.378 e. The monoisotopic (exact) mass is 410 g/mol. The lowest BCUT2D eigenvalue weighted by Gasteiger charge is -2.09. The van der Waals surface area contributed by atoms with Crippen LogP contribution >= 0.6 is 11.3 Å². The molecule has 28 heavy (non-hydrogen) atoms. The first-order valence-corrected chi connectivity index (χ1v) is 10.6. The molecule has 4 rings (SSSR count). The third-order valence-electron chi connectivity index (χ3n) is 3.94. The maximum atomic E-state index is 13.0. The Balaban J connectivity index is 1.65. The number of nitrogens with zero attached hydrogens (tertiary/aromatic N) is 2. The Morgan fingerprint density at radius 2 is 1.71 bits per heavy atom. The first-order valence-electron chi connectivity index (χ1n) is 8.26. The summed E-state index contributed by atoms with van der Waals surface area (Å²) in [6, 6.07) is 18.7. The van der Waals surface area contributed by atoms with Gasteiger partial charge in [0.05, 0.1) is 23.0 Å². The molecule has 0 fully saturated rings. The van der Waals surface area contributed by atoms with Crippen LogP contribution in [0.3, 0.4) is 0 Å². The zero-order valence-corrected chi connectivity index (χ0v) is 16.1. The van der Waals surface area contributed by atoms with Crippen molar-refractivity contribution in [1.29, 1.82) is 0 Å². The van der Waals surface area contributed by atoms with Crippen LogP contribution < -0.4 is 4.18 Å². The zero-order chi connectivity index (χ0) is 19.6. The highest BCUT2D eigenvalue weighted by atomic mass is 32.3. The Labute approximate surface area is 165 Å². The van der Waals surface area contributed by atoms with Crippen molar-refractivity contribution in [1.82, 2.24) is 9.78 Å². The van der Waals surface area contributed by atoms with Crippen LogP contribution in [-0.4, -0.2) is 24.0 Å². The number of carbonyl (C=O) groups is 1. The van der Waals surface area contributed by atoms with Crippen LogP contribution in [0.2, 0.25) is 0 Å². The first kappa shape index (κ1) is 18.1. The third-order valence-corrected chi connectivity index (χ3v) is 6.53. The topological polar surface area (TPSA) is 78.3 Å². The molecule has 2 aromatic heterocycles. The van der Waals surface area contributed by atoms with Gasteiger partial charge in [0.15, 0.2) is 15.7 Å². The van der Waals surface area contributed by atoms with Crippen molar-refractivity contribution in [3.05, 3.63) is 95.6 Å². The van der Waals surface area contributed by atoms with Gasteiger partial charge in [0.2, 0.25) is 0 Å². The molecule has 0 spiro atoms. The van der Waals surface area contributed by atoms with Gasteiger partial charge >= 0.3 is 10.1 Å². The molecular weight excluding hydrogens is 396 g/mol. The van der Waals surface area contributed by atoms with Crippen LogP contribution in [0.5, 0.6) is 5.75 Å². The number of rotatable bonds is 6. The number of thiophene rings is 1. The van der Waals surface area contributed by atoms with Gasteiger partial charge in [-0.15, -0.1) is 11.3 Å². The second kappa shape index (κ2) is 7.41. The lowest BCUT2D eigenvalue weighted by Crippen LogP contribution is -2.11. The van der Waals surface area contributed by atoms with E-state index in [4.69, 9.17) is 4.18 Å². The molecule has 0 unspecified atom stereocenters. The molecule has 0 amide bonds. The van der Waals surface area contributed by atoms with Crippen LogP contribution in [0.15, 0.2) is 88.7 Å². The fourth-order valence-electron chi connectivity index (χ4n) is 2.61. The van der Waals surface area contributed by atoms with E-state index >= 15 is 0 Å². The molecule has 0 aliphatic rings. The first-order chi connectivity index (χ1) is 13.5. The highest BCUT2D eigenvalue weighted by molar-refractivity contribution is 7.89. The molecule has 8 heteroatoms. The number of hydrogen-bond acceptors (Lipinski definition) is 6. The van der Waals surface area contributed by atoms with E-state index in [-0.39, 0.29) is 21.3 Å². The van der Waals surface area contributed by atoms with Crippen molar-refractivity contribution in [3.8, 4) is 11.4 Å². The van der Waals surface area contributed by atoms with E-state index < -0.39 is 10.1 Å². The fraction of sp³-hybridized carbons (Fsp3) is 0. The van der Waals surface area contributed by atoms with Gasteiger partial charge in [-0.05, 0) is 35.7 Å². The molecule has 2 aromatic carbocycles. The summed E-state index contributed by atoms with van der Waals surface area (Å²) >= 11 is 1.05. The minimum Gasteiger partial charge on any atom is -0.378 e. The van der Waals surface area contributed by atoms with Crippen molar-refractivity contribution < 1.29 is 17.4 Å². The minimum absolute atomic E-state index is 0.0200. The number of para-hydroxylation sites is 2. The molecule has 6 nitrogen and oxygen atoms in total. The van der Waals surface area contributed by atoms with Crippen molar-refractivity contribution in [2.75, 3.05) is 0 Å². The predicted octanol–water partition coefficient (Wildman–Crippen LogP) is 3.93. The third kappa shape index (κ3) is 3.60. The van der Waals surface area contributed by atoms with E-state index in [0.717, 1.165) is 17.0 Å². The van der Waals surface area contributed by atoms with Gasteiger partial charge in [0.1, 0.15) is 0 Å². The van der Waals surface area contributed by atoms with Crippen molar-refractivity contribution >= 4 is 27.2 Å². The van der Waals surface area contributed by atoms with Crippen molar-refractivity contribution in [2.45, 2.75) is 4.21 Å². The predicted molar refractivity (Wildman–Crippen MR) is 106 cm³/mol. The second-order valence-electron chi connectivity index (χ2n) is 5.80. The van der Waals surface area contributed by atoms with Gasteiger partial charge in [-0.2, -0.15) is 13.5 Å². The summed E-state index contributed by atoms with van der Waals surface area (Å²) in [6.07, 6.45) is 3.04. The summed E-state index contributed by atoms with van der Waals surface area (Å²) in [5.74, 6) is -0.396. The molecule has 0 bridgehead atoms. The van der Waals surface area contributed by atoms with E-state index in [0.29, 0.717) is 5.56 Å². The number of benzene rings is 2. The molecule has 140 valence electrons. The highest BCUT2D eigenvalue weighted by Gasteiger charge is 2.23. The number of aromatic nitrogens is 2. The summed E-state index contributed by atoms with van der Waals surface area (Å²) in [5.41, 5.74) is 1.29. The van der Waals surface area contributed by atoms with Crippen molar-refractivity contribution in [2.24, 2.45) is 0 Å². The lowest BCUT2D eigenvalue weighted by molar-refractivity contribution is 0.103.